The van der Waals surface area contributed by atoms with Gasteiger partial charge in [0.15, 0.2) is 0 Å². The van der Waals surface area contributed by atoms with Crippen molar-refractivity contribution in [2.75, 3.05) is 30.9 Å². The molecule has 0 radical (unpaired) electrons. The number of hydrogen-bond donors (Lipinski definition) is 2. The van der Waals surface area contributed by atoms with Crippen LogP contribution in [0, 0.1) is 6.92 Å². The number of pyridine rings is 1. The van der Waals surface area contributed by atoms with Gasteiger partial charge in [0.2, 0.25) is 0 Å². The van der Waals surface area contributed by atoms with E-state index >= 15 is 0 Å². The normalized spacial score (nSPS) is 10.4. The standard InChI is InChI=1S/C17H20ClN3O2/c1-12-10-13(18)4-5-15(12)21-17(22)16-11-14(6-8-20-16)19-7-3-9-23-2/h4-6,8,10-11H,3,7,9H2,1-2H3,(H,19,20)(H,21,22). The Morgan fingerprint density at radius 2 is 2.13 bits per heavy atom. The summed E-state index contributed by atoms with van der Waals surface area (Å²) in [5, 5.41) is 6.73. The molecule has 2 N–H and O–H groups in total. The minimum absolute atomic E-state index is 0.254. The van der Waals surface area contributed by atoms with Gasteiger partial charge in [0.1, 0.15) is 5.69 Å². The monoisotopic (exact) mass is 333 g/mol. The van der Waals surface area contributed by atoms with Gasteiger partial charge in [0.05, 0.1) is 0 Å². The highest BCUT2D eigenvalue weighted by atomic mass is 35.5. The lowest BCUT2D eigenvalue weighted by molar-refractivity contribution is 0.102. The molecule has 0 aliphatic carbocycles. The van der Waals surface area contributed by atoms with Crippen LogP contribution in [0.2, 0.25) is 5.02 Å². The molecule has 1 aromatic carbocycles. The highest BCUT2D eigenvalue weighted by Crippen LogP contribution is 2.20. The van der Waals surface area contributed by atoms with Crippen LogP contribution in [0.4, 0.5) is 11.4 Å². The van der Waals surface area contributed by atoms with E-state index < -0.39 is 0 Å². The lowest BCUT2D eigenvalue weighted by Crippen LogP contribution is -2.15. The molecule has 23 heavy (non-hydrogen) atoms. The first-order valence-electron chi connectivity index (χ1n) is 7.36. The number of halogens is 1. The van der Waals surface area contributed by atoms with Gasteiger partial charge in [-0.15, -0.1) is 0 Å². The maximum absolute atomic E-state index is 12.3. The summed E-state index contributed by atoms with van der Waals surface area (Å²) < 4.78 is 5.00. The number of carbonyl (C=O) groups is 1. The highest BCUT2D eigenvalue weighted by molar-refractivity contribution is 6.30. The summed E-state index contributed by atoms with van der Waals surface area (Å²) in [6.07, 6.45) is 2.51. The zero-order chi connectivity index (χ0) is 16.7. The Balaban J connectivity index is 2.01. The smallest absolute Gasteiger partial charge is 0.274 e. The molecule has 0 atom stereocenters. The summed E-state index contributed by atoms with van der Waals surface area (Å²) in [5.74, 6) is -0.254. The third-order valence-corrected chi connectivity index (χ3v) is 3.52. The molecule has 0 fully saturated rings. The van der Waals surface area contributed by atoms with Crippen molar-refractivity contribution in [3.8, 4) is 0 Å². The molecule has 2 aromatic rings. The maximum atomic E-state index is 12.3. The van der Waals surface area contributed by atoms with Crippen LogP contribution in [-0.4, -0.2) is 31.2 Å². The lowest BCUT2D eigenvalue weighted by Gasteiger charge is -2.10. The van der Waals surface area contributed by atoms with Gasteiger partial charge in [-0.2, -0.15) is 0 Å². The topological polar surface area (TPSA) is 63.2 Å². The van der Waals surface area contributed by atoms with E-state index in [9.17, 15) is 4.79 Å². The second-order valence-corrected chi connectivity index (χ2v) is 5.55. The van der Waals surface area contributed by atoms with Crippen molar-refractivity contribution >= 4 is 28.9 Å². The fraction of sp³-hybridized carbons (Fsp3) is 0.294. The zero-order valence-corrected chi connectivity index (χ0v) is 14.0. The zero-order valence-electron chi connectivity index (χ0n) is 13.2. The van der Waals surface area contributed by atoms with Gasteiger partial charge in [-0.05, 0) is 49.2 Å². The third-order valence-electron chi connectivity index (χ3n) is 3.28. The Hall–Kier alpha value is -2.11. The first-order valence-corrected chi connectivity index (χ1v) is 7.74. The summed E-state index contributed by atoms with van der Waals surface area (Å²) in [6, 6.07) is 8.89. The van der Waals surface area contributed by atoms with Crippen LogP contribution in [0.15, 0.2) is 36.5 Å². The average molecular weight is 334 g/mol. The van der Waals surface area contributed by atoms with Crippen LogP contribution in [0.5, 0.6) is 0 Å². The first-order chi connectivity index (χ1) is 11.1. The van der Waals surface area contributed by atoms with Gasteiger partial charge in [-0.3, -0.25) is 9.78 Å². The Morgan fingerprint density at radius 1 is 1.30 bits per heavy atom. The number of nitrogens with zero attached hydrogens (tertiary/aromatic N) is 1. The van der Waals surface area contributed by atoms with Crippen LogP contribution in [-0.2, 0) is 4.74 Å². The predicted octanol–water partition coefficient (Wildman–Crippen LogP) is 3.74. The molecule has 122 valence electrons. The van der Waals surface area contributed by atoms with E-state index in [1.54, 1.807) is 37.6 Å². The molecule has 0 saturated carbocycles. The van der Waals surface area contributed by atoms with Gasteiger partial charge >= 0.3 is 0 Å². The van der Waals surface area contributed by atoms with Gasteiger partial charge in [-0.25, -0.2) is 0 Å². The quantitative estimate of drug-likeness (QED) is 0.758. The number of ether oxygens (including phenoxy) is 1. The first kappa shape index (κ1) is 17.2. The molecule has 0 spiro atoms. The van der Waals surface area contributed by atoms with Crippen LogP contribution >= 0.6 is 11.6 Å². The number of methoxy groups -OCH3 is 1. The molecule has 0 unspecified atom stereocenters. The summed E-state index contributed by atoms with van der Waals surface area (Å²) in [6.45, 7) is 3.36. The fourth-order valence-corrected chi connectivity index (χ4v) is 2.29. The van der Waals surface area contributed by atoms with Crippen molar-refractivity contribution in [1.29, 1.82) is 0 Å². The van der Waals surface area contributed by atoms with E-state index in [4.69, 9.17) is 16.3 Å². The molecular weight excluding hydrogens is 314 g/mol. The summed E-state index contributed by atoms with van der Waals surface area (Å²) in [5.41, 5.74) is 2.84. The Kier molecular flexibility index (Phi) is 6.38. The minimum Gasteiger partial charge on any atom is -0.385 e. The average Bonchev–Trinajstić information content (AvgIpc) is 2.54. The van der Waals surface area contributed by atoms with Crippen LogP contribution in [0.3, 0.4) is 0 Å². The van der Waals surface area contributed by atoms with Crippen molar-refractivity contribution in [1.82, 2.24) is 4.98 Å². The number of aryl methyl sites for hydroxylation is 1. The molecule has 1 heterocycles. The third kappa shape index (κ3) is 5.23. The van der Waals surface area contributed by atoms with E-state index in [-0.39, 0.29) is 5.91 Å². The van der Waals surface area contributed by atoms with E-state index in [1.165, 1.54) is 0 Å². The number of amides is 1. The molecule has 1 aromatic heterocycles. The number of benzene rings is 1. The fourth-order valence-electron chi connectivity index (χ4n) is 2.07. The molecule has 0 saturated heterocycles. The van der Waals surface area contributed by atoms with Crippen LogP contribution < -0.4 is 10.6 Å². The van der Waals surface area contributed by atoms with Gasteiger partial charge in [-0.1, -0.05) is 11.6 Å². The van der Waals surface area contributed by atoms with E-state index in [2.05, 4.69) is 15.6 Å². The van der Waals surface area contributed by atoms with Crippen molar-refractivity contribution in [3.63, 3.8) is 0 Å². The molecule has 5 nitrogen and oxygen atoms in total. The van der Waals surface area contributed by atoms with Gasteiger partial charge < -0.3 is 15.4 Å². The Bertz CT molecular complexity index is 677. The van der Waals surface area contributed by atoms with Crippen molar-refractivity contribution in [2.45, 2.75) is 13.3 Å². The molecule has 0 bridgehead atoms. The summed E-state index contributed by atoms with van der Waals surface area (Å²) >= 11 is 5.92. The van der Waals surface area contributed by atoms with E-state index in [1.807, 2.05) is 13.0 Å². The second-order valence-electron chi connectivity index (χ2n) is 5.12. The number of carbonyl (C=O) groups excluding carboxylic acids is 1. The van der Waals surface area contributed by atoms with Gasteiger partial charge in [0.25, 0.3) is 5.91 Å². The van der Waals surface area contributed by atoms with Crippen molar-refractivity contribution < 1.29 is 9.53 Å². The second kappa shape index (κ2) is 8.50. The predicted molar refractivity (Wildman–Crippen MR) is 93.4 cm³/mol. The summed E-state index contributed by atoms with van der Waals surface area (Å²) in [7, 11) is 1.67. The van der Waals surface area contributed by atoms with Crippen molar-refractivity contribution in [3.05, 3.63) is 52.8 Å². The molecule has 0 aliphatic rings. The molecular formula is C17H20ClN3O2. The number of rotatable bonds is 7. The minimum atomic E-state index is -0.254. The number of aromatic nitrogens is 1. The van der Waals surface area contributed by atoms with Crippen LogP contribution in [0.1, 0.15) is 22.5 Å². The molecule has 6 heteroatoms. The Morgan fingerprint density at radius 3 is 2.87 bits per heavy atom. The molecule has 1 amide bonds. The largest absolute Gasteiger partial charge is 0.385 e. The van der Waals surface area contributed by atoms with Crippen LogP contribution in [0.25, 0.3) is 0 Å². The number of hydrogen-bond acceptors (Lipinski definition) is 4. The van der Waals surface area contributed by atoms with Gasteiger partial charge in [0, 0.05) is 42.9 Å². The SMILES string of the molecule is COCCCNc1ccnc(C(=O)Nc2ccc(Cl)cc2C)c1. The molecule has 2 rings (SSSR count). The number of anilines is 2. The van der Waals surface area contributed by atoms with Crippen molar-refractivity contribution in [2.24, 2.45) is 0 Å². The highest BCUT2D eigenvalue weighted by Gasteiger charge is 2.10. The Labute approximate surface area is 141 Å². The van der Waals surface area contributed by atoms with E-state index in [0.717, 1.165) is 29.9 Å². The maximum Gasteiger partial charge on any atom is 0.274 e. The summed E-state index contributed by atoms with van der Waals surface area (Å²) in [4.78, 5) is 16.4. The van der Waals surface area contributed by atoms with E-state index in [0.29, 0.717) is 17.3 Å². The lowest BCUT2D eigenvalue weighted by atomic mass is 10.2. The number of nitrogens with one attached hydrogen (secondary N) is 2. The molecule has 0 aliphatic heterocycles.